The number of benzene rings is 2. The Hall–Kier alpha value is -2.91. The summed E-state index contributed by atoms with van der Waals surface area (Å²) in [5.74, 6) is -1.77. The molecule has 3 aromatic rings. The van der Waals surface area contributed by atoms with Crippen LogP contribution in [0.5, 0.6) is 0 Å². The van der Waals surface area contributed by atoms with E-state index < -0.39 is 5.97 Å². The van der Waals surface area contributed by atoms with Crippen molar-refractivity contribution in [1.29, 1.82) is 0 Å². The van der Waals surface area contributed by atoms with Crippen molar-refractivity contribution in [2.75, 3.05) is 10.5 Å². The summed E-state index contributed by atoms with van der Waals surface area (Å²) in [5, 5.41) is 33.4. The summed E-state index contributed by atoms with van der Waals surface area (Å²) in [6, 6.07) is 11.8. The van der Waals surface area contributed by atoms with Crippen LogP contribution in [0.3, 0.4) is 0 Å². The molecule has 0 fully saturated rings. The van der Waals surface area contributed by atoms with Gasteiger partial charge in [-0.1, -0.05) is 29.8 Å². The van der Waals surface area contributed by atoms with Gasteiger partial charge in [0.15, 0.2) is 0 Å². The molecule has 7 nitrogen and oxygen atoms in total. The topological polar surface area (TPSA) is 110 Å². The van der Waals surface area contributed by atoms with Gasteiger partial charge in [0.25, 0.3) is 0 Å². The molecule has 0 aliphatic heterocycles. The number of hydrogen-bond acceptors (Lipinski definition) is 6. The Bertz CT molecular complexity index is 1130. The van der Waals surface area contributed by atoms with Crippen LogP contribution in [-0.4, -0.2) is 27.4 Å². The molecular formula is C21H17ClN2O5S. The standard InChI is InChI=1S/C21H17ClN2O5S/c22-15-4-1-11(2-5-15)17-10-30-20(18(17)21(26)27)23-19(25)14-7-12-3-6-16(24(28)29)9-13(12)8-14/h1-6,9-10,14,28-29H,7-8H2,(H,23,25)(H,26,27). The van der Waals surface area contributed by atoms with E-state index in [0.29, 0.717) is 29.0 Å². The number of rotatable bonds is 5. The SMILES string of the molecule is O=C(O)c1c(-c2ccc(Cl)cc2)csc1NC(=O)C1Cc2ccc(N(O)O)cc2C1. The second kappa shape index (κ2) is 8.08. The minimum Gasteiger partial charge on any atom is -0.478 e. The highest BCUT2D eigenvalue weighted by Gasteiger charge is 2.30. The maximum atomic E-state index is 12.8. The number of carbonyl (C=O) groups excluding carboxylic acids is 1. The maximum absolute atomic E-state index is 12.8. The smallest absolute Gasteiger partial charge is 0.339 e. The molecule has 30 heavy (non-hydrogen) atoms. The average Bonchev–Trinajstić information content (AvgIpc) is 3.32. The lowest BCUT2D eigenvalue weighted by Crippen LogP contribution is -2.23. The highest BCUT2D eigenvalue weighted by Crippen LogP contribution is 2.37. The van der Waals surface area contributed by atoms with E-state index in [-0.39, 0.29) is 33.3 Å². The van der Waals surface area contributed by atoms with Gasteiger partial charge in [-0.05, 0) is 53.8 Å². The van der Waals surface area contributed by atoms with Gasteiger partial charge in [-0.3, -0.25) is 15.2 Å². The van der Waals surface area contributed by atoms with E-state index in [1.807, 2.05) is 0 Å². The molecule has 1 heterocycles. The Kier molecular flexibility index (Phi) is 5.48. The number of nitrogens with one attached hydrogen (secondary N) is 1. The van der Waals surface area contributed by atoms with Gasteiger partial charge in [-0.15, -0.1) is 16.6 Å². The van der Waals surface area contributed by atoms with Crippen LogP contribution in [0.2, 0.25) is 5.02 Å². The zero-order chi connectivity index (χ0) is 21.4. The molecule has 1 aliphatic carbocycles. The third-order valence-electron chi connectivity index (χ3n) is 5.12. The molecule has 0 bridgehead atoms. The number of amides is 1. The Balaban J connectivity index is 1.55. The number of fused-ring (bicyclic) bond motifs is 1. The molecule has 0 saturated carbocycles. The highest BCUT2D eigenvalue weighted by molar-refractivity contribution is 7.15. The number of hydrogen-bond donors (Lipinski definition) is 4. The van der Waals surface area contributed by atoms with E-state index in [2.05, 4.69) is 5.32 Å². The Morgan fingerprint density at radius 2 is 1.77 bits per heavy atom. The predicted octanol–water partition coefficient (Wildman–Crippen LogP) is 4.71. The van der Waals surface area contributed by atoms with Crippen molar-refractivity contribution in [2.24, 2.45) is 5.92 Å². The summed E-state index contributed by atoms with van der Waals surface area (Å²) < 4.78 is 0. The van der Waals surface area contributed by atoms with Crippen molar-refractivity contribution in [2.45, 2.75) is 12.8 Å². The van der Waals surface area contributed by atoms with Crippen LogP contribution in [0.1, 0.15) is 21.5 Å². The number of nitrogens with zero attached hydrogens (tertiary/aromatic N) is 1. The molecule has 1 atom stereocenters. The minimum atomic E-state index is -1.12. The molecular weight excluding hydrogens is 428 g/mol. The van der Waals surface area contributed by atoms with Gasteiger partial charge < -0.3 is 10.4 Å². The van der Waals surface area contributed by atoms with E-state index in [9.17, 15) is 14.7 Å². The third-order valence-corrected chi connectivity index (χ3v) is 6.27. The average molecular weight is 445 g/mol. The highest BCUT2D eigenvalue weighted by atomic mass is 35.5. The van der Waals surface area contributed by atoms with Crippen LogP contribution in [0.15, 0.2) is 47.8 Å². The number of carboxylic acid groups (broad SMARTS) is 1. The van der Waals surface area contributed by atoms with Gasteiger partial charge >= 0.3 is 5.97 Å². The van der Waals surface area contributed by atoms with Gasteiger partial charge in [0.2, 0.25) is 5.91 Å². The molecule has 1 unspecified atom stereocenters. The van der Waals surface area contributed by atoms with Crippen molar-refractivity contribution in [1.82, 2.24) is 0 Å². The zero-order valence-electron chi connectivity index (χ0n) is 15.5. The molecule has 0 radical (unpaired) electrons. The first-order chi connectivity index (χ1) is 14.3. The normalized spacial score (nSPS) is 15.0. The van der Waals surface area contributed by atoms with Crippen molar-refractivity contribution < 1.29 is 25.1 Å². The van der Waals surface area contributed by atoms with Crippen LogP contribution in [0.4, 0.5) is 10.7 Å². The summed E-state index contributed by atoms with van der Waals surface area (Å²) >= 11 is 7.07. The van der Waals surface area contributed by atoms with E-state index in [0.717, 1.165) is 22.5 Å². The van der Waals surface area contributed by atoms with Gasteiger partial charge in [0.1, 0.15) is 10.6 Å². The first-order valence-corrected chi connectivity index (χ1v) is 10.3. The van der Waals surface area contributed by atoms with Gasteiger partial charge in [0.05, 0.1) is 5.69 Å². The summed E-state index contributed by atoms with van der Waals surface area (Å²) in [4.78, 5) is 24.7. The fourth-order valence-corrected chi connectivity index (χ4v) is 4.72. The fourth-order valence-electron chi connectivity index (χ4n) is 3.63. The van der Waals surface area contributed by atoms with Crippen molar-refractivity contribution >= 4 is 45.5 Å². The lowest BCUT2D eigenvalue weighted by molar-refractivity contribution is -0.119. The van der Waals surface area contributed by atoms with Crippen molar-refractivity contribution in [3.05, 3.63) is 69.6 Å². The van der Waals surface area contributed by atoms with Crippen molar-refractivity contribution in [3.8, 4) is 11.1 Å². The predicted molar refractivity (Wildman–Crippen MR) is 114 cm³/mol. The quantitative estimate of drug-likeness (QED) is 0.424. The first-order valence-electron chi connectivity index (χ1n) is 9.04. The summed E-state index contributed by atoms with van der Waals surface area (Å²) in [6.07, 6.45) is 0.927. The molecule has 1 aromatic heterocycles. The lowest BCUT2D eigenvalue weighted by atomic mass is 10.0. The number of carboxylic acids is 1. The van der Waals surface area contributed by atoms with E-state index in [1.165, 1.54) is 0 Å². The van der Waals surface area contributed by atoms with E-state index >= 15 is 0 Å². The molecule has 154 valence electrons. The molecule has 4 N–H and O–H groups in total. The largest absolute Gasteiger partial charge is 0.478 e. The molecule has 0 spiro atoms. The minimum absolute atomic E-state index is 0.0384. The number of thiophene rings is 1. The molecule has 2 aromatic carbocycles. The molecule has 1 amide bonds. The maximum Gasteiger partial charge on any atom is 0.339 e. The monoisotopic (exact) mass is 444 g/mol. The summed E-state index contributed by atoms with van der Waals surface area (Å²) in [7, 11) is 0. The number of anilines is 2. The summed E-state index contributed by atoms with van der Waals surface area (Å²) in [6.45, 7) is 0. The molecule has 1 aliphatic rings. The Morgan fingerprint density at radius 1 is 1.07 bits per heavy atom. The molecule has 4 rings (SSSR count). The van der Waals surface area contributed by atoms with Gasteiger partial charge in [0, 0.05) is 21.9 Å². The van der Waals surface area contributed by atoms with Crippen LogP contribution in [0, 0.1) is 5.92 Å². The van der Waals surface area contributed by atoms with E-state index in [4.69, 9.17) is 22.0 Å². The van der Waals surface area contributed by atoms with Crippen LogP contribution < -0.4 is 10.5 Å². The molecule has 9 heteroatoms. The van der Waals surface area contributed by atoms with E-state index in [1.54, 1.807) is 47.8 Å². The number of halogens is 1. The Labute approximate surface area is 180 Å². The zero-order valence-corrected chi connectivity index (χ0v) is 17.1. The Morgan fingerprint density at radius 3 is 2.43 bits per heavy atom. The van der Waals surface area contributed by atoms with Crippen molar-refractivity contribution in [3.63, 3.8) is 0 Å². The molecule has 0 saturated heterocycles. The van der Waals surface area contributed by atoms with Crippen LogP contribution in [0.25, 0.3) is 11.1 Å². The second-order valence-corrected chi connectivity index (χ2v) is 8.32. The second-order valence-electron chi connectivity index (χ2n) is 7.00. The van der Waals surface area contributed by atoms with Gasteiger partial charge in [-0.2, -0.15) is 0 Å². The van der Waals surface area contributed by atoms with Gasteiger partial charge in [-0.25, -0.2) is 4.79 Å². The summed E-state index contributed by atoms with van der Waals surface area (Å²) in [5.41, 5.74) is 3.29. The number of carbonyl (C=O) groups is 2. The third kappa shape index (κ3) is 3.90. The van der Waals surface area contributed by atoms with Crippen LogP contribution >= 0.6 is 22.9 Å². The van der Waals surface area contributed by atoms with Crippen LogP contribution in [-0.2, 0) is 17.6 Å². The first kappa shape index (κ1) is 20.4. The fraction of sp³-hybridized carbons (Fsp3) is 0.143. The lowest BCUT2D eigenvalue weighted by Gasteiger charge is -2.10. The number of aromatic carboxylic acids is 1.